The summed E-state index contributed by atoms with van der Waals surface area (Å²) >= 11 is 1.51. The number of benzene rings is 1. The molecule has 0 radical (unpaired) electrons. The van der Waals surface area contributed by atoms with E-state index in [4.69, 9.17) is 0 Å². The van der Waals surface area contributed by atoms with Gasteiger partial charge in [0.25, 0.3) is 5.91 Å². The lowest BCUT2D eigenvalue weighted by Gasteiger charge is -2.14. The first-order valence-corrected chi connectivity index (χ1v) is 8.88. The van der Waals surface area contributed by atoms with Crippen molar-refractivity contribution in [3.05, 3.63) is 47.1 Å². The summed E-state index contributed by atoms with van der Waals surface area (Å²) in [4.78, 5) is 23.6. The van der Waals surface area contributed by atoms with Gasteiger partial charge in [0, 0.05) is 38.0 Å². The van der Waals surface area contributed by atoms with Gasteiger partial charge in [-0.25, -0.2) is 9.97 Å². The van der Waals surface area contributed by atoms with Crippen LogP contribution in [0.4, 0.5) is 11.6 Å². The van der Waals surface area contributed by atoms with Crippen LogP contribution in [-0.2, 0) is 0 Å². The van der Waals surface area contributed by atoms with Crippen LogP contribution in [0.25, 0.3) is 10.1 Å². The quantitative estimate of drug-likeness (QED) is 0.666. The Labute approximate surface area is 150 Å². The third-order valence-electron chi connectivity index (χ3n) is 3.65. The zero-order valence-corrected chi connectivity index (χ0v) is 15.4. The molecule has 7 heteroatoms. The SMILES string of the molecule is Cc1nc(NCCNC(=O)c2cc3ccccc3s2)cc(N(C)C)n1. The van der Waals surface area contributed by atoms with Gasteiger partial charge < -0.3 is 15.5 Å². The van der Waals surface area contributed by atoms with E-state index < -0.39 is 0 Å². The highest BCUT2D eigenvalue weighted by atomic mass is 32.1. The molecular formula is C18H21N5OS. The van der Waals surface area contributed by atoms with Gasteiger partial charge in [0.1, 0.15) is 17.5 Å². The Kier molecular flexibility index (Phi) is 5.14. The van der Waals surface area contributed by atoms with Crippen molar-refractivity contribution in [2.75, 3.05) is 37.4 Å². The number of amides is 1. The van der Waals surface area contributed by atoms with Gasteiger partial charge >= 0.3 is 0 Å². The lowest BCUT2D eigenvalue weighted by atomic mass is 10.2. The van der Waals surface area contributed by atoms with E-state index in [1.807, 2.05) is 62.3 Å². The van der Waals surface area contributed by atoms with Crippen molar-refractivity contribution >= 4 is 39.0 Å². The number of anilines is 2. The number of rotatable bonds is 6. The number of nitrogens with zero attached hydrogens (tertiary/aromatic N) is 3. The number of thiophene rings is 1. The van der Waals surface area contributed by atoms with Crippen LogP contribution in [0.3, 0.4) is 0 Å². The van der Waals surface area contributed by atoms with E-state index in [1.54, 1.807) is 0 Å². The number of carbonyl (C=O) groups excluding carboxylic acids is 1. The van der Waals surface area contributed by atoms with Crippen LogP contribution in [0.2, 0.25) is 0 Å². The second-order valence-corrected chi connectivity index (χ2v) is 6.97. The molecule has 0 bridgehead atoms. The summed E-state index contributed by atoms with van der Waals surface area (Å²) in [7, 11) is 3.88. The monoisotopic (exact) mass is 355 g/mol. The summed E-state index contributed by atoms with van der Waals surface area (Å²) in [5.41, 5.74) is 0. The smallest absolute Gasteiger partial charge is 0.261 e. The van der Waals surface area contributed by atoms with Crippen molar-refractivity contribution in [2.24, 2.45) is 0 Å². The Bertz CT molecular complexity index is 857. The van der Waals surface area contributed by atoms with Gasteiger partial charge in [-0.05, 0) is 24.4 Å². The summed E-state index contributed by atoms with van der Waals surface area (Å²) in [5, 5.41) is 7.26. The lowest BCUT2D eigenvalue weighted by Crippen LogP contribution is -2.28. The van der Waals surface area contributed by atoms with E-state index in [1.165, 1.54) is 11.3 Å². The average molecular weight is 355 g/mol. The summed E-state index contributed by atoms with van der Waals surface area (Å²) in [6.07, 6.45) is 0. The molecule has 2 aromatic heterocycles. The van der Waals surface area contributed by atoms with Crippen LogP contribution in [0, 0.1) is 6.92 Å². The predicted octanol–water partition coefficient (Wildman–Crippen LogP) is 2.91. The Morgan fingerprint density at radius 1 is 1.16 bits per heavy atom. The van der Waals surface area contributed by atoms with Crippen molar-refractivity contribution in [3.63, 3.8) is 0 Å². The highest BCUT2D eigenvalue weighted by molar-refractivity contribution is 7.20. The fourth-order valence-corrected chi connectivity index (χ4v) is 3.40. The van der Waals surface area contributed by atoms with Gasteiger partial charge in [-0.15, -0.1) is 11.3 Å². The summed E-state index contributed by atoms with van der Waals surface area (Å²) in [6.45, 7) is 2.98. The van der Waals surface area contributed by atoms with Crippen LogP contribution in [0.15, 0.2) is 36.4 Å². The minimum atomic E-state index is -0.0455. The summed E-state index contributed by atoms with van der Waals surface area (Å²) in [5.74, 6) is 2.27. The van der Waals surface area contributed by atoms with Gasteiger partial charge in [0.05, 0.1) is 4.88 Å². The van der Waals surface area contributed by atoms with E-state index >= 15 is 0 Å². The number of nitrogens with one attached hydrogen (secondary N) is 2. The van der Waals surface area contributed by atoms with E-state index in [0.29, 0.717) is 18.9 Å². The summed E-state index contributed by atoms with van der Waals surface area (Å²) in [6, 6.07) is 11.8. The average Bonchev–Trinajstić information content (AvgIpc) is 3.02. The molecule has 1 aromatic carbocycles. The van der Waals surface area contributed by atoms with Crippen LogP contribution in [0.5, 0.6) is 0 Å². The molecule has 0 atom stereocenters. The number of aryl methyl sites for hydroxylation is 1. The molecule has 0 fully saturated rings. The van der Waals surface area contributed by atoms with Crippen LogP contribution >= 0.6 is 11.3 Å². The van der Waals surface area contributed by atoms with Gasteiger partial charge in [0.15, 0.2) is 0 Å². The molecule has 0 aliphatic heterocycles. The first-order chi connectivity index (χ1) is 12.0. The normalized spacial score (nSPS) is 10.7. The molecular weight excluding hydrogens is 334 g/mol. The van der Waals surface area contributed by atoms with Crippen LogP contribution < -0.4 is 15.5 Å². The molecule has 0 unspecified atom stereocenters. The molecule has 0 spiro atoms. The molecule has 130 valence electrons. The van der Waals surface area contributed by atoms with E-state index in [-0.39, 0.29) is 5.91 Å². The Morgan fingerprint density at radius 3 is 2.72 bits per heavy atom. The minimum Gasteiger partial charge on any atom is -0.368 e. The molecule has 0 saturated heterocycles. The van der Waals surface area contributed by atoms with Crippen molar-refractivity contribution in [1.29, 1.82) is 0 Å². The molecule has 2 N–H and O–H groups in total. The highest BCUT2D eigenvalue weighted by Crippen LogP contribution is 2.24. The molecule has 6 nitrogen and oxygen atoms in total. The molecule has 25 heavy (non-hydrogen) atoms. The number of fused-ring (bicyclic) bond motifs is 1. The van der Waals surface area contributed by atoms with Crippen molar-refractivity contribution < 1.29 is 4.79 Å². The lowest BCUT2D eigenvalue weighted by molar-refractivity contribution is 0.0959. The fraction of sp³-hybridized carbons (Fsp3) is 0.278. The molecule has 2 heterocycles. The Hall–Kier alpha value is -2.67. The van der Waals surface area contributed by atoms with Gasteiger partial charge in [-0.1, -0.05) is 18.2 Å². The van der Waals surface area contributed by atoms with Crippen LogP contribution in [-0.4, -0.2) is 43.1 Å². The van der Waals surface area contributed by atoms with Crippen LogP contribution in [0.1, 0.15) is 15.5 Å². The number of hydrogen-bond donors (Lipinski definition) is 2. The second kappa shape index (κ2) is 7.48. The molecule has 3 rings (SSSR count). The van der Waals surface area contributed by atoms with Gasteiger partial charge in [-0.2, -0.15) is 0 Å². The molecule has 0 aliphatic carbocycles. The topological polar surface area (TPSA) is 70.2 Å². The maximum atomic E-state index is 12.3. The Morgan fingerprint density at radius 2 is 1.96 bits per heavy atom. The van der Waals surface area contributed by atoms with E-state index in [9.17, 15) is 4.79 Å². The first kappa shape index (κ1) is 17.2. The third kappa shape index (κ3) is 4.24. The number of aromatic nitrogens is 2. The summed E-state index contributed by atoms with van der Waals surface area (Å²) < 4.78 is 1.12. The van der Waals surface area contributed by atoms with Crippen molar-refractivity contribution in [3.8, 4) is 0 Å². The van der Waals surface area contributed by atoms with E-state index in [2.05, 4.69) is 20.6 Å². The zero-order chi connectivity index (χ0) is 17.8. The van der Waals surface area contributed by atoms with Crippen molar-refractivity contribution in [1.82, 2.24) is 15.3 Å². The Balaban J connectivity index is 1.53. The molecule has 3 aromatic rings. The molecule has 1 amide bonds. The first-order valence-electron chi connectivity index (χ1n) is 8.06. The molecule has 0 saturated carbocycles. The standard InChI is InChI=1S/C18H21N5OS/c1-12-21-16(11-17(22-12)23(2)3)19-8-9-20-18(24)15-10-13-6-4-5-7-14(13)25-15/h4-7,10-11H,8-9H2,1-3H3,(H,20,24)(H,19,21,22). The largest absolute Gasteiger partial charge is 0.368 e. The maximum Gasteiger partial charge on any atom is 0.261 e. The van der Waals surface area contributed by atoms with Crippen molar-refractivity contribution in [2.45, 2.75) is 6.92 Å². The maximum absolute atomic E-state index is 12.3. The predicted molar refractivity (Wildman–Crippen MR) is 104 cm³/mol. The number of hydrogen-bond acceptors (Lipinski definition) is 6. The highest BCUT2D eigenvalue weighted by Gasteiger charge is 2.09. The van der Waals surface area contributed by atoms with Gasteiger partial charge in [0.2, 0.25) is 0 Å². The van der Waals surface area contributed by atoms with E-state index in [0.717, 1.165) is 26.6 Å². The zero-order valence-electron chi connectivity index (χ0n) is 14.5. The molecule has 0 aliphatic rings. The minimum absolute atomic E-state index is 0.0455. The fourth-order valence-electron chi connectivity index (χ4n) is 2.42. The number of carbonyl (C=O) groups is 1. The second-order valence-electron chi connectivity index (χ2n) is 5.88. The van der Waals surface area contributed by atoms with Gasteiger partial charge in [-0.3, -0.25) is 4.79 Å². The third-order valence-corrected chi connectivity index (χ3v) is 4.76.